The summed E-state index contributed by atoms with van der Waals surface area (Å²) in [5.74, 6) is 0. The zero-order valence-corrected chi connectivity index (χ0v) is 32.2. The first-order valence-electron chi connectivity index (χ1n) is 18.3. The first kappa shape index (κ1) is 36.3. The summed E-state index contributed by atoms with van der Waals surface area (Å²) < 4.78 is 0. The van der Waals surface area contributed by atoms with Crippen molar-refractivity contribution >= 4 is 24.5 Å². The van der Waals surface area contributed by atoms with Crippen LogP contribution in [0.15, 0.2) is 163 Å². The van der Waals surface area contributed by atoms with E-state index in [4.69, 9.17) is 0 Å². The zero-order chi connectivity index (χ0) is 35.7. The van der Waals surface area contributed by atoms with E-state index in [0.29, 0.717) is 0 Å². The summed E-state index contributed by atoms with van der Waals surface area (Å²) in [5.41, 5.74) is 17.9. The number of hydrogen-bond acceptors (Lipinski definition) is 0. The number of aryl methyl sites for hydroxylation is 1. The van der Waals surface area contributed by atoms with Crippen LogP contribution in [0.3, 0.4) is 0 Å². The monoisotopic (exact) mass is 668 g/mol. The second-order valence-electron chi connectivity index (χ2n) is 13.1. The maximum atomic E-state index is 2.48. The Morgan fingerprint density at radius 2 is 0.900 bits per heavy atom. The van der Waals surface area contributed by atoms with Gasteiger partial charge >= 0.3 is 0 Å². The van der Waals surface area contributed by atoms with Gasteiger partial charge in [0.05, 0.1) is 0 Å². The van der Waals surface area contributed by atoms with Crippen LogP contribution < -0.4 is 10.4 Å². The third-order valence-corrected chi connectivity index (χ3v) is 13.9. The lowest BCUT2D eigenvalue weighted by Gasteiger charge is -2.26. The number of fused-ring (bicyclic) bond motifs is 3. The Balaban J connectivity index is 0.00000117. The average molecular weight is 669 g/mol. The summed E-state index contributed by atoms with van der Waals surface area (Å²) in [4.78, 5) is 0. The van der Waals surface area contributed by atoms with Gasteiger partial charge in [0.25, 0.3) is 0 Å². The van der Waals surface area contributed by atoms with E-state index in [1.54, 1.807) is 0 Å². The molecular formula is C49H52Si. The highest BCUT2D eigenvalue weighted by atomic mass is 28.3. The lowest BCUT2D eigenvalue weighted by atomic mass is 9.81. The van der Waals surface area contributed by atoms with Crippen LogP contribution in [0.25, 0.3) is 39.5 Å². The number of allylic oxidation sites excluding steroid dienone is 1. The van der Waals surface area contributed by atoms with Gasteiger partial charge in [-0.25, -0.2) is 0 Å². The molecule has 252 valence electrons. The molecule has 0 N–H and O–H groups in total. The summed E-state index contributed by atoms with van der Waals surface area (Å²) in [7, 11) is -2.26. The van der Waals surface area contributed by atoms with E-state index in [2.05, 4.69) is 197 Å². The van der Waals surface area contributed by atoms with Gasteiger partial charge < -0.3 is 0 Å². The molecule has 0 bridgehead atoms. The van der Waals surface area contributed by atoms with Crippen LogP contribution in [0.4, 0.5) is 0 Å². The van der Waals surface area contributed by atoms with E-state index >= 15 is 0 Å². The smallest absolute Gasteiger partial charge is 0.0945 e. The van der Waals surface area contributed by atoms with E-state index in [-0.39, 0.29) is 5.41 Å². The molecule has 6 aromatic carbocycles. The minimum absolute atomic E-state index is 0.0697. The zero-order valence-electron chi connectivity index (χ0n) is 31.2. The second-order valence-corrected chi connectivity index (χ2v) is 16.6. The molecule has 0 radical (unpaired) electrons. The Bertz CT molecular complexity index is 2010. The summed E-state index contributed by atoms with van der Waals surface area (Å²) in [6, 6.07) is 53.9. The molecule has 0 atom stereocenters. The lowest BCUT2D eigenvalue weighted by Crippen LogP contribution is -2.55. The predicted octanol–water partition coefficient (Wildman–Crippen LogP) is 12.6. The molecule has 0 amide bonds. The quantitative estimate of drug-likeness (QED) is 0.149. The Hall–Kier alpha value is -4.98. The van der Waals surface area contributed by atoms with Crippen molar-refractivity contribution in [3.63, 3.8) is 0 Å². The van der Waals surface area contributed by atoms with E-state index in [9.17, 15) is 0 Å². The molecule has 0 heterocycles. The summed E-state index contributed by atoms with van der Waals surface area (Å²) in [5, 5.41) is 2.78. The fourth-order valence-electron chi connectivity index (χ4n) is 7.15. The molecule has 1 aliphatic rings. The van der Waals surface area contributed by atoms with Gasteiger partial charge in [-0.05, 0) is 86.4 Å². The number of rotatable bonds is 7. The van der Waals surface area contributed by atoms with Gasteiger partial charge in [0, 0.05) is 5.41 Å². The molecule has 0 aliphatic heterocycles. The molecule has 1 heteroatoms. The average Bonchev–Trinajstić information content (AvgIpc) is 3.41. The van der Waals surface area contributed by atoms with Crippen LogP contribution in [0.1, 0.15) is 70.7 Å². The summed E-state index contributed by atoms with van der Waals surface area (Å²) in [6.45, 7) is 17.0. The minimum atomic E-state index is -2.26. The lowest BCUT2D eigenvalue weighted by molar-refractivity contribution is 0.661. The minimum Gasteiger partial charge on any atom is -0.0945 e. The van der Waals surface area contributed by atoms with Crippen molar-refractivity contribution in [3.8, 4) is 33.4 Å². The molecule has 0 fully saturated rings. The van der Waals surface area contributed by atoms with Gasteiger partial charge in [0.15, 0.2) is 8.07 Å². The maximum Gasteiger partial charge on any atom is 0.164 e. The van der Waals surface area contributed by atoms with Crippen molar-refractivity contribution in [3.05, 3.63) is 185 Å². The molecule has 0 spiro atoms. The summed E-state index contributed by atoms with van der Waals surface area (Å²) >= 11 is 0. The van der Waals surface area contributed by atoms with Crippen LogP contribution >= 0.6 is 0 Å². The Kier molecular flexibility index (Phi) is 11.7. The molecule has 0 nitrogen and oxygen atoms in total. The van der Waals surface area contributed by atoms with Crippen molar-refractivity contribution in [2.45, 2.75) is 60.8 Å². The van der Waals surface area contributed by atoms with Crippen molar-refractivity contribution in [1.29, 1.82) is 0 Å². The van der Waals surface area contributed by atoms with Crippen LogP contribution in [0.5, 0.6) is 0 Å². The standard InChI is InChI=1S/C45H40Si.2C2H6/c1-5-29-46(39-12-8-6-9-13-39,40-14-10-7-11-15-40)30-28-34-18-22-36(23-19-34)38-25-27-42-41-26-24-37(35-20-16-33(2)17-21-35)31-43(41)45(3,4)44(42)32-38;2*1-2/h5-32H,1-4H3;2*1-2H3. The van der Waals surface area contributed by atoms with Gasteiger partial charge in [0.2, 0.25) is 0 Å². The van der Waals surface area contributed by atoms with Crippen LogP contribution in [-0.2, 0) is 5.41 Å². The van der Waals surface area contributed by atoms with Gasteiger partial charge in [-0.1, -0.05) is 204 Å². The van der Waals surface area contributed by atoms with Crippen LogP contribution in [-0.4, -0.2) is 8.07 Å². The fraction of sp³-hybridized carbons (Fsp3) is 0.184. The molecule has 0 aromatic heterocycles. The van der Waals surface area contributed by atoms with E-state index in [1.165, 1.54) is 66.0 Å². The third-order valence-electron chi connectivity index (χ3n) is 9.78. The number of benzene rings is 6. The highest BCUT2D eigenvalue weighted by Crippen LogP contribution is 2.50. The third kappa shape index (κ3) is 7.16. The Morgan fingerprint density at radius 1 is 0.480 bits per heavy atom. The summed E-state index contributed by atoms with van der Waals surface area (Å²) in [6.07, 6.45) is 4.54. The highest BCUT2D eigenvalue weighted by Gasteiger charge is 2.36. The van der Waals surface area contributed by atoms with Crippen molar-refractivity contribution in [2.75, 3.05) is 0 Å². The molecular weight excluding hydrogens is 617 g/mol. The first-order valence-corrected chi connectivity index (χ1v) is 20.5. The van der Waals surface area contributed by atoms with E-state index in [0.717, 1.165) is 0 Å². The molecule has 0 saturated heterocycles. The molecule has 0 unspecified atom stereocenters. The molecule has 50 heavy (non-hydrogen) atoms. The molecule has 0 saturated carbocycles. The van der Waals surface area contributed by atoms with Crippen LogP contribution in [0, 0.1) is 6.92 Å². The SMILES string of the molecule is CC.CC.CC=C[Si](C=Cc1ccc(-c2ccc3c(c2)C(C)(C)c2cc(-c4ccc(C)cc4)ccc2-3)cc1)(c1ccccc1)c1ccccc1. The van der Waals surface area contributed by atoms with E-state index in [1.807, 2.05) is 27.7 Å². The number of hydrogen-bond donors (Lipinski definition) is 0. The van der Waals surface area contributed by atoms with Gasteiger partial charge in [-0.15, -0.1) is 0 Å². The highest BCUT2D eigenvalue weighted by molar-refractivity contribution is 7.09. The van der Waals surface area contributed by atoms with Crippen molar-refractivity contribution < 1.29 is 0 Å². The van der Waals surface area contributed by atoms with Gasteiger partial charge in [0.1, 0.15) is 0 Å². The molecule has 7 rings (SSSR count). The Labute approximate surface area is 302 Å². The molecule has 1 aliphatic carbocycles. The predicted molar refractivity (Wildman–Crippen MR) is 224 cm³/mol. The topological polar surface area (TPSA) is 0 Å². The van der Waals surface area contributed by atoms with Crippen molar-refractivity contribution in [1.82, 2.24) is 0 Å². The van der Waals surface area contributed by atoms with Gasteiger partial charge in [-0.3, -0.25) is 0 Å². The first-order chi connectivity index (χ1) is 24.4. The van der Waals surface area contributed by atoms with E-state index < -0.39 is 8.07 Å². The van der Waals surface area contributed by atoms with Crippen molar-refractivity contribution in [2.24, 2.45) is 0 Å². The van der Waals surface area contributed by atoms with Gasteiger partial charge in [-0.2, -0.15) is 0 Å². The second kappa shape index (κ2) is 16.2. The fourth-order valence-corrected chi connectivity index (χ4v) is 10.8. The van der Waals surface area contributed by atoms with Crippen LogP contribution in [0.2, 0.25) is 0 Å². The maximum absolute atomic E-state index is 2.48. The Morgan fingerprint density at radius 3 is 1.34 bits per heavy atom. The largest absolute Gasteiger partial charge is 0.164 e. The molecule has 6 aromatic rings. The normalized spacial score (nSPS) is 12.8.